The van der Waals surface area contributed by atoms with Gasteiger partial charge < -0.3 is 0 Å². The molecule has 0 heterocycles. The van der Waals surface area contributed by atoms with E-state index in [-0.39, 0.29) is 5.03 Å². The second-order valence-corrected chi connectivity index (χ2v) is 4.11. The van der Waals surface area contributed by atoms with E-state index < -0.39 is 0 Å². The number of halogens is 3. The Balaban J connectivity index is 2.79. The highest BCUT2D eigenvalue weighted by Gasteiger charge is 2.26. The summed E-state index contributed by atoms with van der Waals surface area (Å²) < 4.78 is 0. The van der Waals surface area contributed by atoms with Crippen LogP contribution < -0.4 is 0 Å². The van der Waals surface area contributed by atoms with Crippen LogP contribution in [-0.2, 0) is 0 Å². The molecule has 0 aliphatic heterocycles. The average molecular weight is 257 g/mol. The quantitative estimate of drug-likeness (QED) is 0.634. The monoisotopic (exact) mass is 255 g/mol. The lowest BCUT2D eigenvalue weighted by molar-refractivity contribution is 1.52. The SMILES string of the molecule is N#CC(Cl)=C1C(Cl)=C(Cl)c2ccccc21. The molecule has 0 saturated heterocycles. The van der Waals surface area contributed by atoms with Crippen LogP contribution in [0.15, 0.2) is 34.3 Å². The maximum atomic E-state index is 8.76. The molecule has 0 radical (unpaired) electrons. The first-order valence-electron chi connectivity index (χ1n) is 4.12. The molecular weight excluding hydrogens is 252 g/mol. The highest BCUT2D eigenvalue weighted by molar-refractivity contribution is 6.60. The third kappa shape index (κ3) is 1.55. The molecule has 0 N–H and O–H groups in total. The molecule has 15 heavy (non-hydrogen) atoms. The molecule has 0 saturated carbocycles. The van der Waals surface area contributed by atoms with E-state index in [2.05, 4.69) is 0 Å². The normalized spacial score (nSPS) is 17.5. The Morgan fingerprint density at radius 2 is 1.67 bits per heavy atom. The zero-order valence-corrected chi connectivity index (χ0v) is 9.66. The number of fused-ring (bicyclic) bond motifs is 1. The number of nitrogens with zero attached hydrogens (tertiary/aromatic N) is 1. The molecule has 0 amide bonds. The van der Waals surface area contributed by atoms with Crippen LogP contribution in [0.25, 0.3) is 10.6 Å². The van der Waals surface area contributed by atoms with Crippen molar-refractivity contribution in [1.29, 1.82) is 5.26 Å². The summed E-state index contributed by atoms with van der Waals surface area (Å²) in [6.45, 7) is 0. The van der Waals surface area contributed by atoms with E-state index in [1.54, 1.807) is 0 Å². The molecule has 1 nitrogen and oxygen atoms in total. The maximum Gasteiger partial charge on any atom is 0.127 e. The first-order valence-corrected chi connectivity index (χ1v) is 5.25. The number of rotatable bonds is 0. The van der Waals surface area contributed by atoms with Crippen molar-refractivity contribution in [3.63, 3.8) is 0 Å². The van der Waals surface area contributed by atoms with Crippen molar-refractivity contribution < 1.29 is 0 Å². The van der Waals surface area contributed by atoms with E-state index in [0.29, 0.717) is 15.6 Å². The molecule has 0 atom stereocenters. The molecule has 0 aromatic heterocycles. The highest BCUT2D eigenvalue weighted by Crippen LogP contribution is 2.46. The van der Waals surface area contributed by atoms with Crippen LogP contribution in [-0.4, -0.2) is 0 Å². The number of allylic oxidation sites excluding steroid dienone is 3. The van der Waals surface area contributed by atoms with Gasteiger partial charge in [0.25, 0.3) is 0 Å². The van der Waals surface area contributed by atoms with Crippen molar-refractivity contribution in [3.05, 3.63) is 45.5 Å². The van der Waals surface area contributed by atoms with Crippen LogP contribution >= 0.6 is 34.8 Å². The fourth-order valence-electron chi connectivity index (χ4n) is 1.51. The Labute approximate surface area is 102 Å². The molecule has 1 aromatic carbocycles. The zero-order chi connectivity index (χ0) is 11.0. The van der Waals surface area contributed by atoms with Crippen molar-refractivity contribution in [2.75, 3.05) is 0 Å². The predicted octanol–water partition coefficient (Wildman–Crippen LogP) is 4.32. The molecule has 2 rings (SSSR count). The minimum atomic E-state index is 0.0584. The Bertz CT molecular complexity index is 535. The Morgan fingerprint density at radius 1 is 1.07 bits per heavy atom. The van der Waals surface area contributed by atoms with Crippen LogP contribution in [0.3, 0.4) is 0 Å². The number of hydrogen-bond donors (Lipinski definition) is 0. The summed E-state index contributed by atoms with van der Waals surface area (Å²) >= 11 is 17.9. The van der Waals surface area contributed by atoms with E-state index in [1.165, 1.54) is 0 Å². The fraction of sp³-hybridized carbons (Fsp3) is 0. The lowest BCUT2D eigenvalue weighted by atomic mass is 10.1. The van der Waals surface area contributed by atoms with Gasteiger partial charge in [0.1, 0.15) is 11.1 Å². The highest BCUT2D eigenvalue weighted by atomic mass is 35.5. The van der Waals surface area contributed by atoms with E-state index in [1.807, 2.05) is 30.3 Å². The van der Waals surface area contributed by atoms with Crippen molar-refractivity contribution in [2.45, 2.75) is 0 Å². The molecule has 1 aliphatic rings. The second kappa shape index (κ2) is 3.90. The van der Waals surface area contributed by atoms with E-state index in [4.69, 9.17) is 40.1 Å². The van der Waals surface area contributed by atoms with Crippen molar-refractivity contribution in [3.8, 4) is 6.07 Å². The minimum absolute atomic E-state index is 0.0584. The maximum absolute atomic E-state index is 8.76. The number of nitriles is 1. The van der Waals surface area contributed by atoms with Gasteiger partial charge in [-0.3, -0.25) is 0 Å². The van der Waals surface area contributed by atoms with Crippen molar-refractivity contribution >= 4 is 45.4 Å². The lowest BCUT2D eigenvalue weighted by Gasteiger charge is -2.00. The standard InChI is InChI=1S/C11H4Cl3N/c12-8(5-15)9-6-3-1-2-4-7(6)10(13)11(9)14/h1-4H. The van der Waals surface area contributed by atoms with Crippen LogP contribution in [0.4, 0.5) is 0 Å². The van der Waals surface area contributed by atoms with Gasteiger partial charge in [-0.2, -0.15) is 5.26 Å². The van der Waals surface area contributed by atoms with Gasteiger partial charge in [0.15, 0.2) is 0 Å². The molecular formula is C11H4Cl3N. The van der Waals surface area contributed by atoms with Gasteiger partial charge >= 0.3 is 0 Å². The molecule has 74 valence electrons. The fourth-order valence-corrected chi connectivity index (χ4v) is 2.31. The summed E-state index contributed by atoms with van der Waals surface area (Å²) in [6.07, 6.45) is 0. The molecule has 0 bridgehead atoms. The first-order chi connectivity index (χ1) is 7.16. The number of hydrogen-bond acceptors (Lipinski definition) is 1. The Morgan fingerprint density at radius 3 is 2.27 bits per heavy atom. The Hall–Kier alpha value is -0.940. The average Bonchev–Trinajstić information content (AvgIpc) is 2.52. The summed E-state index contributed by atoms with van der Waals surface area (Å²) in [6, 6.07) is 9.25. The molecule has 4 heteroatoms. The van der Waals surface area contributed by atoms with Crippen LogP contribution in [0.2, 0.25) is 0 Å². The first kappa shape index (κ1) is 10.6. The molecule has 0 unspecified atom stereocenters. The van der Waals surface area contributed by atoms with Gasteiger partial charge in [-0.05, 0) is 5.56 Å². The topological polar surface area (TPSA) is 23.8 Å². The van der Waals surface area contributed by atoms with Crippen LogP contribution in [0, 0.1) is 11.3 Å². The van der Waals surface area contributed by atoms with Gasteiger partial charge in [-0.25, -0.2) is 0 Å². The van der Waals surface area contributed by atoms with Gasteiger partial charge in [-0.15, -0.1) is 0 Å². The summed E-state index contributed by atoms with van der Waals surface area (Å²) in [5.41, 5.74) is 2.13. The molecule has 0 fully saturated rings. The van der Waals surface area contributed by atoms with Crippen molar-refractivity contribution in [2.24, 2.45) is 0 Å². The van der Waals surface area contributed by atoms with Gasteiger partial charge in [0.2, 0.25) is 0 Å². The van der Waals surface area contributed by atoms with E-state index in [9.17, 15) is 0 Å². The summed E-state index contributed by atoms with van der Waals surface area (Å²) in [5.74, 6) is 0. The third-order valence-electron chi connectivity index (χ3n) is 2.16. The molecule has 1 aromatic rings. The molecule has 0 spiro atoms. The summed E-state index contributed by atoms with van der Waals surface area (Å²) in [4.78, 5) is 0. The minimum Gasteiger partial charge on any atom is -0.191 e. The smallest absolute Gasteiger partial charge is 0.127 e. The van der Waals surface area contributed by atoms with Gasteiger partial charge in [0, 0.05) is 11.1 Å². The van der Waals surface area contributed by atoms with E-state index >= 15 is 0 Å². The van der Waals surface area contributed by atoms with E-state index in [0.717, 1.165) is 11.1 Å². The lowest BCUT2D eigenvalue weighted by Crippen LogP contribution is -1.83. The van der Waals surface area contributed by atoms with Crippen LogP contribution in [0.5, 0.6) is 0 Å². The van der Waals surface area contributed by atoms with Gasteiger partial charge in [0.05, 0.1) is 10.1 Å². The van der Waals surface area contributed by atoms with Crippen LogP contribution in [0.1, 0.15) is 11.1 Å². The van der Waals surface area contributed by atoms with Gasteiger partial charge in [-0.1, -0.05) is 59.1 Å². The van der Waals surface area contributed by atoms with Crippen molar-refractivity contribution in [1.82, 2.24) is 0 Å². The Kier molecular flexibility index (Phi) is 2.75. The largest absolute Gasteiger partial charge is 0.191 e. The molecule has 1 aliphatic carbocycles. The second-order valence-electron chi connectivity index (χ2n) is 2.97. The summed E-state index contributed by atoms with van der Waals surface area (Å²) in [5, 5.41) is 9.60. The zero-order valence-electron chi connectivity index (χ0n) is 7.39. The predicted molar refractivity (Wildman–Crippen MR) is 63.5 cm³/mol. The summed E-state index contributed by atoms with van der Waals surface area (Å²) in [7, 11) is 0. The third-order valence-corrected chi connectivity index (χ3v) is 3.30. The number of benzene rings is 1.